The minimum Gasteiger partial charge on any atom is -0.460 e. The topological polar surface area (TPSA) is 47.0 Å². The van der Waals surface area contributed by atoms with E-state index < -0.39 is 0 Å². The van der Waals surface area contributed by atoms with Crippen LogP contribution in [0.2, 0.25) is 0 Å². The predicted molar refractivity (Wildman–Crippen MR) is 55.1 cm³/mol. The van der Waals surface area contributed by atoms with Crippen LogP contribution in [0.15, 0.2) is 12.4 Å². The summed E-state index contributed by atoms with van der Waals surface area (Å²) in [5.74, 6) is 3.58. The lowest BCUT2D eigenvalue weighted by Crippen LogP contribution is -2.10. The van der Waals surface area contributed by atoms with Gasteiger partial charge in [-0.2, -0.15) is 4.98 Å². The number of terminal acetylenes is 1. The predicted octanol–water partition coefficient (Wildman–Crippen LogP) is 1.31. The van der Waals surface area contributed by atoms with Crippen LogP contribution in [-0.4, -0.2) is 22.6 Å². The van der Waals surface area contributed by atoms with E-state index >= 15 is 0 Å². The van der Waals surface area contributed by atoms with Crippen molar-refractivity contribution in [2.24, 2.45) is 0 Å². The van der Waals surface area contributed by atoms with E-state index in [0.29, 0.717) is 11.7 Å². The van der Waals surface area contributed by atoms with Gasteiger partial charge in [-0.3, -0.25) is 4.98 Å². The van der Waals surface area contributed by atoms with Gasteiger partial charge in [0.1, 0.15) is 5.82 Å². The van der Waals surface area contributed by atoms with Crippen LogP contribution in [0, 0.1) is 12.3 Å². The van der Waals surface area contributed by atoms with E-state index in [-0.39, 0.29) is 6.10 Å². The van der Waals surface area contributed by atoms with Crippen molar-refractivity contribution >= 4 is 5.82 Å². The summed E-state index contributed by atoms with van der Waals surface area (Å²) in [5, 5.41) is 3.03. The van der Waals surface area contributed by atoms with Crippen LogP contribution in [0.1, 0.15) is 13.8 Å². The maximum absolute atomic E-state index is 5.30. The molecule has 0 aromatic carbocycles. The molecule has 74 valence electrons. The second-order valence-electron chi connectivity index (χ2n) is 2.70. The Morgan fingerprint density at radius 2 is 2.43 bits per heavy atom. The van der Waals surface area contributed by atoms with Crippen LogP contribution >= 0.6 is 0 Å². The first-order chi connectivity index (χ1) is 6.76. The molecule has 1 heterocycles. The molecule has 4 nitrogen and oxygen atoms in total. The molecule has 0 aliphatic carbocycles. The summed E-state index contributed by atoms with van der Waals surface area (Å²) in [5.41, 5.74) is 0. The van der Waals surface area contributed by atoms with Crippen LogP contribution in [-0.2, 0) is 0 Å². The van der Waals surface area contributed by atoms with Gasteiger partial charge in [-0.1, -0.05) is 5.92 Å². The van der Waals surface area contributed by atoms with Gasteiger partial charge in [0.05, 0.1) is 12.4 Å². The molecule has 0 saturated heterocycles. The molecule has 1 N–H and O–H groups in total. The van der Waals surface area contributed by atoms with Crippen molar-refractivity contribution in [3.63, 3.8) is 0 Å². The molecule has 0 bridgehead atoms. The average Bonchev–Trinajstić information content (AvgIpc) is 2.19. The highest BCUT2D eigenvalue weighted by Gasteiger charge is 2.02. The number of rotatable bonds is 4. The lowest BCUT2D eigenvalue weighted by Gasteiger charge is -2.08. The van der Waals surface area contributed by atoms with Gasteiger partial charge in [0.15, 0.2) is 6.10 Å². The van der Waals surface area contributed by atoms with Gasteiger partial charge in [-0.15, -0.1) is 6.42 Å². The summed E-state index contributed by atoms with van der Waals surface area (Å²) in [7, 11) is 0. The summed E-state index contributed by atoms with van der Waals surface area (Å²) < 4.78 is 5.30. The number of ether oxygens (including phenoxy) is 1. The van der Waals surface area contributed by atoms with Gasteiger partial charge in [0.25, 0.3) is 0 Å². The molecule has 4 heteroatoms. The maximum Gasteiger partial charge on any atom is 0.235 e. The lowest BCUT2D eigenvalue weighted by atomic mass is 10.4. The fraction of sp³-hybridized carbons (Fsp3) is 0.400. The van der Waals surface area contributed by atoms with Crippen molar-refractivity contribution in [3.8, 4) is 18.2 Å². The third-order valence-corrected chi connectivity index (χ3v) is 1.50. The van der Waals surface area contributed by atoms with Gasteiger partial charge in [-0.25, -0.2) is 0 Å². The van der Waals surface area contributed by atoms with Crippen molar-refractivity contribution in [2.75, 3.05) is 11.9 Å². The Labute approximate surface area is 83.7 Å². The molecule has 1 aromatic heterocycles. The second kappa shape index (κ2) is 5.07. The number of aromatic nitrogens is 2. The van der Waals surface area contributed by atoms with Crippen molar-refractivity contribution in [2.45, 2.75) is 20.0 Å². The van der Waals surface area contributed by atoms with Crippen molar-refractivity contribution < 1.29 is 4.74 Å². The molecule has 0 spiro atoms. The first kappa shape index (κ1) is 10.3. The highest BCUT2D eigenvalue weighted by atomic mass is 16.5. The molecule has 1 unspecified atom stereocenters. The summed E-state index contributed by atoms with van der Waals surface area (Å²) in [6.45, 7) is 4.56. The zero-order valence-electron chi connectivity index (χ0n) is 8.32. The molecule has 0 fully saturated rings. The monoisotopic (exact) mass is 191 g/mol. The quantitative estimate of drug-likeness (QED) is 0.729. The van der Waals surface area contributed by atoms with Crippen molar-refractivity contribution in [3.05, 3.63) is 12.4 Å². The van der Waals surface area contributed by atoms with Gasteiger partial charge >= 0.3 is 0 Å². The Kier molecular flexibility index (Phi) is 3.74. The Balaban J connectivity index is 2.69. The fourth-order valence-corrected chi connectivity index (χ4v) is 0.886. The SMILES string of the molecule is C#CC(C)Oc1cncc(NCC)n1. The summed E-state index contributed by atoms with van der Waals surface area (Å²) in [4.78, 5) is 8.13. The second-order valence-corrected chi connectivity index (χ2v) is 2.70. The fourth-order valence-electron chi connectivity index (χ4n) is 0.886. The summed E-state index contributed by atoms with van der Waals surface area (Å²) in [6, 6.07) is 0. The van der Waals surface area contributed by atoms with Gasteiger partial charge in [0, 0.05) is 6.54 Å². The van der Waals surface area contributed by atoms with Crippen molar-refractivity contribution in [1.29, 1.82) is 0 Å². The normalized spacial score (nSPS) is 11.5. The average molecular weight is 191 g/mol. The number of nitrogens with zero attached hydrogens (tertiary/aromatic N) is 2. The highest BCUT2D eigenvalue weighted by molar-refractivity contribution is 5.32. The third-order valence-electron chi connectivity index (χ3n) is 1.50. The molecule has 1 aromatic rings. The molecule has 0 saturated carbocycles. The first-order valence-corrected chi connectivity index (χ1v) is 4.45. The van der Waals surface area contributed by atoms with E-state index in [1.165, 1.54) is 6.20 Å². The highest BCUT2D eigenvalue weighted by Crippen LogP contribution is 2.09. The van der Waals surface area contributed by atoms with E-state index in [4.69, 9.17) is 11.2 Å². The molecule has 0 radical (unpaired) electrons. The smallest absolute Gasteiger partial charge is 0.235 e. The molecule has 1 atom stereocenters. The Hall–Kier alpha value is -1.76. The van der Waals surface area contributed by atoms with E-state index in [2.05, 4.69) is 21.2 Å². The number of nitrogens with one attached hydrogen (secondary N) is 1. The van der Waals surface area contributed by atoms with Gasteiger partial charge in [-0.05, 0) is 13.8 Å². The summed E-state index contributed by atoms with van der Waals surface area (Å²) in [6.07, 6.45) is 8.06. The molecule has 14 heavy (non-hydrogen) atoms. The van der Waals surface area contributed by atoms with Crippen molar-refractivity contribution in [1.82, 2.24) is 9.97 Å². The number of hydrogen-bond acceptors (Lipinski definition) is 4. The molecular formula is C10H13N3O. The minimum atomic E-state index is -0.291. The Bertz CT molecular complexity index is 332. The zero-order valence-corrected chi connectivity index (χ0v) is 8.32. The molecular weight excluding hydrogens is 178 g/mol. The molecule has 0 amide bonds. The Morgan fingerprint density at radius 3 is 3.07 bits per heavy atom. The van der Waals surface area contributed by atoms with Crippen LogP contribution in [0.4, 0.5) is 5.82 Å². The lowest BCUT2D eigenvalue weighted by molar-refractivity contribution is 0.267. The third kappa shape index (κ3) is 2.94. The first-order valence-electron chi connectivity index (χ1n) is 4.45. The Morgan fingerprint density at radius 1 is 1.64 bits per heavy atom. The van der Waals surface area contributed by atoms with Gasteiger partial charge < -0.3 is 10.1 Å². The van der Waals surface area contributed by atoms with Crippen LogP contribution in [0.5, 0.6) is 5.88 Å². The zero-order chi connectivity index (χ0) is 10.4. The van der Waals surface area contributed by atoms with Crippen LogP contribution in [0.25, 0.3) is 0 Å². The number of anilines is 1. The van der Waals surface area contributed by atoms with E-state index in [1.54, 1.807) is 13.1 Å². The molecule has 0 aliphatic heterocycles. The van der Waals surface area contributed by atoms with E-state index in [0.717, 1.165) is 6.54 Å². The van der Waals surface area contributed by atoms with Crippen LogP contribution < -0.4 is 10.1 Å². The molecule has 0 aliphatic rings. The maximum atomic E-state index is 5.30. The van der Waals surface area contributed by atoms with Crippen LogP contribution in [0.3, 0.4) is 0 Å². The summed E-state index contributed by atoms with van der Waals surface area (Å²) >= 11 is 0. The largest absolute Gasteiger partial charge is 0.460 e. The van der Waals surface area contributed by atoms with E-state index in [9.17, 15) is 0 Å². The molecule has 1 rings (SSSR count). The standard InChI is InChI=1S/C10H13N3O/c1-4-8(3)14-10-7-11-6-9(13-10)12-5-2/h1,6-8H,5H2,2-3H3,(H,12,13). The number of hydrogen-bond donors (Lipinski definition) is 1. The van der Waals surface area contributed by atoms with Gasteiger partial charge in [0.2, 0.25) is 5.88 Å². The minimum absolute atomic E-state index is 0.291. The van der Waals surface area contributed by atoms with E-state index in [1.807, 2.05) is 6.92 Å².